The van der Waals surface area contributed by atoms with Crippen LogP contribution in [0.5, 0.6) is 0 Å². The lowest BCUT2D eigenvalue weighted by atomic mass is 9.35. The number of carbonyl (C=O) groups excluding carboxylic acids is 3. The van der Waals surface area contributed by atoms with Crippen LogP contribution in [0.2, 0.25) is 0 Å². The lowest BCUT2D eigenvalue weighted by Gasteiger charge is -2.68. The molecule has 0 bridgehead atoms. The molecule has 0 heterocycles. The van der Waals surface area contributed by atoms with Gasteiger partial charge in [-0.25, -0.2) is 4.79 Å². The van der Waals surface area contributed by atoms with Crippen molar-refractivity contribution in [3.8, 4) is 6.07 Å². The largest absolute Gasteiger partial charge is 0.445 e. The zero-order valence-electron chi connectivity index (χ0n) is 26.6. The number of nitrogens with one attached hydrogen (secondary N) is 1. The average molecular weight is 583 g/mol. The van der Waals surface area contributed by atoms with Gasteiger partial charge in [0.1, 0.15) is 12.7 Å². The molecule has 2 unspecified atom stereocenters. The van der Waals surface area contributed by atoms with Gasteiger partial charge >= 0.3 is 6.09 Å². The van der Waals surface area contributed by atoms with Crippen molar-refractivity contribution >= 4 is 17.7 Å². The number of nitrogens with zero attached hydrogens (tertiary/aromatic N) is 1. The highest BCUT2D eigenvalue weighted by molar-refractivity contribution is 6.04. The smallest absolute Gasteiger partial charge is 0.407 e. The average Bonchev–Trinajstić information content (AvgIpc) is 2.96. The minimum absolute atomic E-state index is 0.0153. The maximum atomic E-state index is 14.6. The second-order valence-electron chi connectivity index (χ2n) is 15.6. The summed E-state index contributed by atoms with van der Waals surface area (Å²) in [5.74, 6) is 0.341. The van der Waals surface area contributed by atoms with Crippen molar-refractivity contribution in [2.45, 2.75) is 98.6 Å². The van der Waals surface area contributed by atoms with Crippen molar-refractivity contribution < 1.29 is 19.1 Å². The summed E-state index contributed by atoms with van der Waals surface area (Å²) in [6.45, 7) is 13.2. The van der Waals surface area contributed by atoms with Gasteiger partial charge in [-0.05, 0) is 85.2 Å². The minimum Gasteiger partial charge on any atom is -0.445 e. The fraction of sp³-hybridized carbons (Fsp3) is 0.622. The van der Waals surface area contributed by atoms with Gasteiger partial charge in [-0.1, -0.05) is 83.5 Å². The summed E-state index contributed by atoms with van der Waals surface area (Å²) in [7, 11) is 0. The van der Waals surface area contributed by atoms with Gasteiger partial charge in [0.2, 0.25) is 0 Å². The quantitative estimate of drug-likeness (QED) is 0.398. The van der Waals surface area contributed by atoms with Gasteiger partial charge in [-0.3, -0.25) is 9.59 Å². The van der Waals surface area contributed by atoms with Crippen molar-refractivity contribution in [1.29, 1.82) is 5.26 Å². The van der Waals surface area contributed by atoms with E-state index in [1.54, 1.807) is 0 Å². The van der Waals surface area contributed by atoms with E-state index in [0.29, 0.717) is 5.92 Å². The molecule has 1 aromatic rings. The summed E-state index contributed by atoms with van der Waals surface area (Å²) in [5.41, 5.74) is -0.0279. The number of ether oxygens (including phenoxy) is 1. The number of fused-ring (bicyclic) bond motifs is 7. The normalized spacial score (nSPS) is 41.2. The third kappa shape index (κ3) is 4.20. The van der Waals surface area contributed by atoms with Crippen molar-refractivity contribution in [1.82, 2.24) is 5.32 Å². The Morgan fingerprint density at radius 1 is 1.02 bits per heavy atom. The SMILES string of the molecule is C[C@H]1CC[C@]2(NC(=O)OCc3ccccc3)CC[C@]3(C)C(C(=O)C=C4[C@@]5(C)C=C(C#N)C(=O)C(C)(C)[C@@H]5CC[C@]43C)C2C1. The zero-order chi connectivity index (χ0) is 31.0. The number of rotatable bonds is 3. The molecule has 5 aliphatic rings. The Morgan fingerprint density at radius 2 is 1.74 bits per heavy atom. The number of alkyl carbamates (subject to hydrolysis) is 1. The van der Waals surface area contributed by atoms with E-state index in [2.05, 4.69) is 39.1 Å². The van der Waals surface area contributed by atoms with E-state index < -0.39 is 22.5 Å². The van der Waals surface area contributed by atoms with E-state index in [1.807, 2.05) is 56.3 Å². The monoisotopic (exact) mass is 582 g/mol. The maximum Gasteiger partial charge on any atom is 0.407 e. The Labute approximate surface area is 256 Å². The van der Waals surface area contributed by atoms with Gasteiger partial charge in [-0.2, -0.15) is 5.26 Å². The van der Waals surface area contributed by atoms with Crippen molar-refractivity contribution in [2.75, 3.05) is 0 Å². The molecule has 8 atom stereocenters. The number of amides is 1. The lowest BCUT2D eigenvalue weighted by molar-refractivity contribution is -0.158. The molecule has 43 heavy (non-hydrogen) atoms. The molecular formula is C37H46N2O4. The Bertz CT molecular complexity index is 1470. The van der Waals surface area contributed by atoms with E-state index >= 15 is 0 Å². The highest BCUT2D eigenvalue weighted by Gasteiger charge is 2.69. The number of allylic oxidation sites excluding steroid dienone is 4. The lowest BCUT2D eigenvalue weighted by Crippen LogP contribution is -2.69. The van der Waals surface area contributed by atoms with Crippen LogP contribution in [0.1, 0.15) is 92.1 Å². The predicted octanol–water partition coefficient (Wildman–Crippen LogP) is 7.49. The first-order valence-electron chi connectivity index (χ1n) is 16.1. The van der Waals surface area contributed by atoms with E-state index in [0.717, 1.165) is 56.1 Å². The van der Waals surface area contributed by atoms with Gasteiger partial charge in [0.25, 0.3) is 0 Å². The Morgan fingerprint density at radius 3 is 2.44 bits per heavy atom. The van der Waals surface area contributed by atoms with Gasteiger partial charge in [0.15, 0.2) is 11.6 Å². The van der Waals surface area contributed by atoms with Gasteiger partial charge in [0.05, 0.1) is 5.57 Å². The number of hydrogen-bond acceptors (Lipinski definition) is 5. The number of carbonyl (C=O) groups is 3. The van der Waals surface area contributed by atoms with Crippen LogP contribution in [0.4, 0.5) is 4.79 Å². The molecular weight excluding hydrogens is 536 g/mol. The first kappa shape index (κ1) is 29.9. The predicted molar refractivity (Wildman–Crippen MR) is 164 cm³/mol. The molecule has 3 fully saturated rings. The number of benzene rings is 1. The summed E-state index contributed by atoms with van der Waals surface area (Å²) in [4.78, 5) is 41.1. The fourth-order valence-corrected chi connectivity index (χ4v) is 10.7. The molecule has 1 aromatic carbocycles. The van der Waals surface area contributed by atoms with Crippen LogP contribution in [0, 0.1) is 56.7 Å². The number of ketones is 2. The van der Waals surface area contributed by atoms with Gasteiger partial charge in [-0.15, -0.1) is 0 Å². The maximum absolute atomic E-state index is 14.6. The zero-order valence-corrected chi connectivity index (χ0v) is 26.6. The van der Waals surface area contributed by atoms with Crippen molar-refractivity contribution in [3.05, 3.63) is 59.2 Å². The molecule has 0 saturated heterocycles. The van der Waals surface area contributed by atoms with Crippen LogP contribution in [-0.2, 0) is 20.9 Å². The first-order chi connectivity index (χ1) is 20.2. The van der Waals surface area contributed by atoms with Crippen LogP contribution in [0.25, 0.3) is 0 Å². The summed E-state index contributed by atoms with van der Waals surface area (Å²) in [6, 6.07) is 11.9. The standard InChI is InChI=1S/C37H46N2O4/c1-23-12-15-37(39-32(42)43-22-24-10-8-7-9-11-24)17-16-36(6)30(26(37)18-23)27(40)19-29-34(4)20-25(21-38)31(41)33(2,3)28(34)13-14-35(29,36)5/h7-11,19-20,23,26,28,30H,12-18,22H2,1-6H3,(H,39,42)/t23-,26?,28-,30?,34-,35+,36+,37-/m0/s1. The Hall–Kier alpha value is -3.20. The molecule has 6 heteroatoms. The van der Waals surface area contributed by atoms with E-state index in [-0.39, 0.29) is 52.3 Å². The van der Waals surface area contributed by atoms with Crippen LogP contribution in [0.3, 0.4) is 0 Å². The summed E-state index contributed by atoms with van der Waals surface area (Å²) >= 11 is 0. The second kappa shape index (κ2) is 9.91. The number of hydrogen-bond donors (Lipinski definition) is 1. The van der Waals surface area contributed by atoms with E-state index in [9.17, 15) is 19.6 Å². The Kier molecular flexibility index (Phi) is 6.88. The summed E-state index contributed by atoms with van der Waals surface area (Å²) < 4.78 is 5.71. The highest BCUT2D eigenvalue weighted by atomic mass is 16.5. The van der Waals surface area contributed by atoms with E-state index in [1.165, 1.54) is 0 Å². The molecule has 1 N–H and O–H groups in total. The van der Waals surface area contributed by atoms with Crippen LogP contribution in [0.15, 0.2) is 53.6 Å². The molecule has 0 spiro atoms. The number of Topliss-reactive ketones (excluding diaryl/α,β-unsaturated/α-hetero) is 1. The molecule has 3 saturated carbocycles. The minimum atomic E-state index is -0.678. The van der Waals surface area contributed by atoms with Gasteiger partial charge < -0.3 is 10.1 Å². The molecule has 1 amide bonds. The molecule has 5 aliphatic carbocycles. The summed E-state index contributed by atoms with van der Waals surface area (Å²) in [5, 5.41) is 13.3. The Balaban J connectivity index is 1.38. The molecule has 228 valence electrons. The second-order valence-corrected chi connectivity index (χ2v) is 15.6. The topological polar surface area (TPSA) is 96.3 Å². The van der Waals surface area contributed by atoms with Gasteiger partial charge in [0, 0.05) is 22.3 Å². The van der Waals surface area contributed by atoms with Crippen molar-refractivity contribution in [3.63, 3.8) is 0 Å². The van der Waals surface area contributed by atoms with Crippen LogP contribution >= 0.6 is 0 Å². The molecule has 0 radical (unpaired) electrons. The van der Waals surface area contributed by atoms with Crippen LogP contribution in [-0.4, -0.2) is 23.2 Å². The first-order valence-corrected chi connectivity index (χ1v) is 16.1. The van der Waals surface area contributed by atoms with E-state index in [4.69, 9.17) is 4.74 Å². The molecule has 0 aliphatic heterocycles. The third-order valence-corrected chi connectivity index (χ3v) is 13.1. The van der Waals surface area contributed by atoms with Crippen molar-refractivity contribution in [2.24, 2.45) is 45.3 Å². The molecule has 0 aromatic heterocycles. The summed E-state index contributed by atoms with van der Waals surface area (Å²) in [6.07, 6.45) is 9.53. The fourth-order valence-electron chi connectivity index (χ4n) is 10.7. The highest BCUT2D eigenvalue weighted by Crippen LogP contribution is 2.73. The molecule has 6 rings (SSSR count). The van der Waals surface area contributed by atoms with Crippen LogP contribution < -0.4 is 5.32 Å². The number of nitriles is 1. The molecule has 6 nitrogen and oxygen atoms in total. The third-order valence-electron chi connectivity index (χ3n) is 13.1.